The highest BCUT2D eigenvalue weighted by Crippen LogP contribution is 2.09. The lowest BCUT2D eigenvalue weighted by molar-refractivity contribution is 0.372. The average molecular weight is 335 g/mol. The Morgan fingerprint density at radius 1 is 1.43 bits per heavy atom. The van der Waals surface area contributed by atoms with Crippen LogP contribution in [0, 0.1) is 6.92 Å². The van der Waals surface area contributed by atoms with Gasteiger partial charge in [0.25, 0.3) is 0 Å². The Hall–Kier alpha value is -1.89. The molecular weight excluding hydrogens is 310 g/mol. The molecule has 0 aliphatic rings. The summed E-state index contributed by atoms with van der Waals surface area (Å²) in [5.74, 6) is 2.32. The molecule has 1 N–H and O–H groups in total. The number of aryl methyl sites for hydroxylation is 2. The normalized spacial score (nSPS) is 11.7. The molecule has 0 atom stereocenters. The first-order valence-corrected chi connectivity index (χ1v) is 8.88. The zero-order valence-corrected chi connectivity index (χ0v) is 14.9. The van der Waals surface area contributed by atoms with Crippen molar-refractivity contribution in [1.82, 2.24) is 20.4 Å². The van der Waals surface area contributed by atoms with Gasteiger partial charge in [-0.3, -0.25) is 4.99 Å². The summed E-state index contributed by atoms with van der Waals surface area (Å²) in [6.07, 6.45) is 2.71. The summed E-state index contributed by atoms with van der Waals surface area (Å²) in [6.45, 7) is 6.48. The fraction of sp³-hybridized carbons (Fsp3) is 0.562. The van der Waals surface area contributed by atoms with Crippen molar-refractivity contribution in [3.05, 3.63) is 34.1 Å². The van der Waals surface area contributed by atoms with Crippen LogP contribution >= 0.6 is 11.3 Å². The SMILES string of the molecule is CCNC(=NCCCc1nc(C)no1)N(C)CCc1cccs1. The van der Waals surface area contributed by atoms with Crippen molar-refractivity contribution in [2.45, 2.75) is 33.1 Å². The lowest BCUT2D eigenvalue weighted by atomic mass is 10.3. The Balaban J connectivity index is 1.78. The molecule has 0 saturated carbocycles. The number of thiophene rings is 1. The number of nitrogens with one attached hydrogen (secondary N) is 1. The summed E-state index contributed by atoms with van der Waals surface area (Å²) < 4.78 is 5.11. The summed E-state index contributed by atoms with van der Waals surface area (Å²) >= 11 is 1.80. The molecule has 0 fully saturated rings. The number of aromatic nitrogens is 2. The van der Waals surface area contributed by atoms with Crippen LogP contribution in [0.2, 0.25) is 0 Å². The first-order chi connectivity index (χ1) is 11.2. The zero-order chi connectivity index (χ0) is 16.5. The van der Waals surface area contributed by atoms with Crippen molar-refractivity contribution in [1.29, 1.82) is 0 Å². The Morgan fingerprint density at radius 3 is 2.96 bits per heavy atom. The molecule has 0 unspecified atom stereocenters. The standard InChI is InChI=1S/C16H25N5OS/c1-4-17-16(21(3)11-9-14-7-6-12-23-14)18-10-5-8-15-19-13(2)20-22-15/h6-7,12H,4-5,8-11H2,1-3H3,(H,17,18). The van der Waals surface area contributed by atoms with E-state index in [1.165, 1.54) is 4.88 Å². The van der Waals surface area contributed by atoms with Crippen molar-refractivity contribution in [3.8, 4) is 0 Å². The van der Waals surface area contributed by atoms with Gasteiger partial charge in [-0.2, -0.15) is 4.98 Å². The van der Waals surface area contributed by atoms with Gasteiger partial charge in [-0.05, 0) is 38.1 Å². The molecule has 0 spiro atoms. The van der Waals surface area contributed by atoms with Crippen molar-refractivity contribution >= 4 is 17.3 Å². The van der Waals surface area contributed by atoms with E-state index in [0.717, 1.165) is 44.9 Å². The van der Waals surface area contributed by atoms with Gasteiger partial charge in [0.1, 0.15) is 0 Å². The second kappa shape index (κ2) is 9.29. The van der Waals surface area contributed by atoms with E-state index >= 15 is 0 Å². The molecule has 2 aromatic heterocycles. The molecule has 0 aliphatic carbocycles. The maximum absolute atomic E-state index is 5.11. The van der Waals surface area contributed by atoms with E-state index in [1.54, 1.807) is 11.3 Å². The fourth-order valence-corrected chi connectivity index (χ4v) is 2.86. The Morgan fingerprint density at radius 2 is 2.30 bits per heavy atom. The minimum atomic E-state index is 0.685. The number of hydrogen-bond acceptors (Lipinski definition) is 5. The third kappa shape index (κ3) is 6.02. The number of guanidine groups is 1. The second-order valence-electron chi connectivity index (χ2n) is 5.33. The molecule has 23 heavy (non-hydrogen) atoms. The van der Waals surface area contributed by atoms with Gasteiger partial charge in [-0.15, -0.1) is 11.3 Å². The van der Waals surface area contributed by atoms with E-state index in [2.05, 4.69) is 56.8 Å². The minimum absolute atomic E-state index is 0.685. The van der Waals surface area contributed by atoms with Crippen molar-refractivity contribution in [2.24, 2.45) is 4.99 Å². The molecule has 0 bridgehead atoms. The smallest absolute Gasteiger partial charge is 0.226 e. The molecular formula is C16H25N5OS. The van der Waals surface area contributed by atoms with Crippen molar-refractivity contribution < 1.29 is 4.52 Å². The molecule has 126 valence electrons. The zero-order valence-electron chi connectivity index (χ0n) is 14.1. The van der Waals surface area contributed by atoms with Crippen LogP contribution in [0.15, 0.2) is 27.0 Å². The van der Waals surface area contributed by atoms with Gasteiger partial charge in [0.05, 0.1) is 0 Å². The molecule has 2 aromatic rings. The predicted octanol–water partition coefficient (Wildman–Crippen LogP) is 2.51. The summed E-state index contributed by atoms with van der Waals surface area (Å²) in [5, 5.41) is 9.26. The predicted molar refractivity (Wildman–Crippen MR) is 94.0 cm³/mol. The van der Waals surface area contributed by atoms with Gasteiger partial charge in [0, 0.05) is 38.0 Å². The number of hydrogen-bond donors (Lipinski definition) is 1. The molecule has 0 saturated heterocycles. The lowest BCUT2D eigenvalue weighted by Gasteiger charge is -2.21. The van der Waals surface area contributed by atoms with Crippen LogP contribution in [0.1, 0.15) is 29.9 Å². The quantitative estimate of drug-likeness (QED) is 0.456. The van der Waals surface area contributed by atoms with Crippen LogP contribution in [-0.2, 0) is 12.8 Å². The largest absolute Gasteiger partial charge is 0.357 e. The highest BCUT2D eigenvalue weighted by molar-refractivity contribution is 7.09. The van der Waals surface area contributed by atoms with Gasteiger partial charge in [-0.25, -0.2) is 0 Å². The molecule has 0 aliphatic heterocycles. The Kier molecular flexibility index (Phi) is 7.06. The molecule has 0 aromatic carbocycles. The van der Waals surface area contributed by atoms with Gasteiger partial charge < -0.3 is 14.7 Å². The van der Waals surface area contributed by atoms with Crippen LogP contribution < -0.4 is 5.32 Å². The Labute approximate surface area is 141 Å². The summed E-state index contributed by atoms with van der Waals surface area (Å²) in [7, 11) is 2.08. The van der Waals surface area contributed by atoms with Gasteiger partial charge in [0.2, 0.25) is 5.89 Å². The van der Waals surface area contributed by atoms with Gasteiger partial charge >= 0.3 is 0 Å². The maximum atomic E-state index is 5.11. The van der Waals surface area contributed by atoms with Crippen molar-refractivity contribution in [3.63, 3.8) is 0 Å². The van der Waals surface area contributed by atoms with E-state index < -0.39 is 0 Å². The van der Waals surface area contributed by atoms with Crippen LogP contribution in [0.4, 0.5) is 0 Å². The molecule has 2 heterocycles. The summed E-state index contributed by atoms with van der Waals surface area (Å²) in [6, 6.07) is 4.27. The highest BCUT2D eigenvalue weighted by atomic mass is 32.1. The number of likely N-dealkylation sites (N-methyl/N-ethyl adjacent to an activating group) is 1. The van der Waals surface area contributed by atoms with E-state index in [4.69, 9.17) is 4.52 Å². The molecule has 2 rings (SSSR count). The maximum Gasteiger partial charge on any atom is 0.226 e. The molecule has 6 nitrogen and oxygen atoms in total. The van der Waals surface area contributed by atoms with E-state index in [1.807, 2.05) is 6.92 Å². The third-order valence-electron chi connectivity index (χ3n) is 3.35. The summed E-state index contributed by atoms with van der Waals surface area (Å²) in [5.41, 5.74) is 0. The lowest BCUT2D eigenvalue weighted by Crippen LogP contribution is -2.40. The average Bonchev–Trinajstić information content (AvgIpc) is 3.19. The molecule has 7 heteroatoms. The molecule has 0 amide bonds. The second-order valence-corrected chi connectivity index (χ2v) is 6.36. The van der Waals surface area contributed by atoms with E-state index in [9.17, 15) is 0 Å². The van der Waals surface area contributed by atoms with Crippen LogP contribution in [0.5, 0.6) is 0 Å². The number of rotatable bonds is 8. The van der Waals surface area contributed by atoms with Crippen LogP contribution in [-0.4, -0.2) is 47.7 Å². The van der Waals surface area contributed by atoms with Gasteiger partial charge in [0.15, 0.2) is 11.8 Å². The van der Waals surface area contributed by atoms with Gasteiger partial charge in [-0.1, -0.05) is 11.2 Å². The first-order valence-electron chi connectivity index (χ1n) is 8.00. The monoisotopic (exact) mass is 335 g/mol. The van der Waals surface area contributed by atoms with Crippen LogP contribution in [0.25, 0.3) is 0 Å². The van der Waals surface area contributed by atoms with E-state index in [0.29, 0.717) is 11.7 Å². The van der Waals surface area contributed by atoms with E-state index in [-0.39, 0.29) is 0 Å². The summed E-state index contributed by atoms with van der Waals surface area (Å²) in [4.78, 5) is 12.5. The van der Waals surface area contributed by atoms with Crippen LogP contribution in [0.3, 0.4) is 0 Å². The fourth-order valence-electron chi connectivity index (χ4n) is 2.17. The highest BCUT2D eigenvalue weighted by Gasteiger charge is 2.07. The number of aliphatic imine (C=N–C) groups is 1. The topological polar surface area (TPSA) is 66.5 Å². The Bertz CT molecular complexity index is 593. The molecule has 0 radical (unpaired) electrons. The number of nitrogens with zero attached hydrogens (tertiary/aromatic N) is 4. The minimum Gasteiger partial charge on any atom is -0.357 e. The van der Waals surface area contributed by atoms with Crippen molar-refractivity contribution in [2.75, 3.05) is 26.7 Å². The first kappa shape index (κ1) is 17.5. The third-order valence-corrected chi connectivity index (χ3v) is 4.29.